The quantitative estimate of drug-likeness (QED) is 0.763. The van der Waals surface area contributed by atoms with E-state index in [1.54, 1.807) is 11.8 Å². The van der Waals surface area contributed by atoms with Gasteiger partial charge in [0.15, 0.2) is 5.16 Å². The van der Waals surface area contributed by atoms with Gasteiger partial charge >= 0.3 is 0 Å². The van der Waals surface area contributed by atoms with Crippen molar-refractivity contribution in [2.75, 3.05) is 0 Å². The SMILES string of the molecule is CC(C)c1ccc(CSc2nccn2C)cc1. The third kappa shape index (κ3) is 3.13. The monoisotopic (exact) mass is 246 g/mol. The molecule has 2 rings (SSSR count). The molecular weight excluding hydrogens is 228 g/mol. The second-order valence-electron chi connectivity index (χ2n) is 4.51. The predicted octanol–water partition coefficient (Wildman–Crippen LogP) is 3.84. The third-order valence-electron chi connectivity index (χ3n) is 2.79. The lowest BCUT2D eigenvalue weighted by atomic mass is 10.0. The standard InChI is InChI=1S/C14H18N2S/c1-11(2)13-6-4-12(5-7-13)10-17-14-15-8-9-16(14)3/h4-9,11H,10H2,1-3H3. The van der Waals surface area contributed by atoms with Crippen molar-refractivity contribution in [3.8, 4) is 0 Å². The Morgan fingerprint density at radius 1 is 1.24 bits per heavy atom. The first-order chi connectivity index (χ1) is 8.16. The number of aromatic nitrogens is 2. The Morgan fingerprint density at radius 3 is 2.47 bits per heavy atom. The van der Waals surface area contributed by atoms with Gasteiger partial charge in [-0.05, 0) is 17.0 Å². The molecule has 0 aliphatic heterocycles. The van der Waals surface area contributed by atoms with Gasteiger partial charge in [-0.3, -0.25) is 0 Å². The molecule has 3 heteroatoms. The van der Waals surface area contributed by atoms with Crippen molar-refractivity contribution >= 4 is 11.8 Å². The topological polar surface area (TPSA) is 17.8 Å². The first kappa shape index (κ1) is 12.2. The summed E-state index contributed by atoms with van der Waals surface area (Å²) in [6.07, 6.45) is 3.81. The summed E-state index contributed by atoms with van der Waals surface area (Å²) >= 11 is 1.77. The number of hydrogen-bond acceptors (Lipinski definition) is 2. The first-order valence-electron chi connectivity index (χ1n) is 5.86. The average molecular weight is 246 g/mol. The van der Waals surface area contributed by atoms with E-state index in [2.05, 4.69) is 43.1 Å². The maximum atomic E-state index is 4.30. The van der Waals surface area contributed by atoms with E-state index in [1.165, 1.54) is 11.1 Å². The zero-order chi connectivity index (χ0) is 12.3. The molecule has 0 saturated heterocycles. The summed E-state index contributed by atoms with van der Waals surface area (Å²) in [6.45, 7) is 4.44. The smallest absolute Gasteiger partial charge is 0.167 e. The van der Waals surface area contributed by atoms with Gasteiger partial charge in [0.25, 0.3) is 0 Å². The van der Waals surface area contributed by atoms with E-state index in [1.807, 2.05) is 24.0 Å². The minimum absolute atomic E-state index is 0.603. The normalized spacial score (nSPS) is 11.1. The van der Waals surface area contributed by atoms with Crippen molar-refractivity contribution in [2.45, 2.75) is 30.7 Å². The van der Waals surface area contributed by atoms with Crippen LogP contribution in [0.4, 0.5) is 0 Å². The molecule has 0 bridgehead atoms. The summed E-state index contributed by atoms with van der Waals surface area (Å²) < 4.78 is 2.05. The van der Waals surface area contributed by atoms with E-state index in [4.69, 9.17) is 0 Å². The van der Waals surface area contributed by atoms with Crippen LogP contribution in [0.3, 0.4) is 0 Å². The number of benzene rings is 1. The number of nitrogens with zero attached hydrogens (tertiary/aromatic N) is 2. The summed E-state index contributed by atoms with van der Waals surface area (Å²) in [5.74, 6) is 1.58. The summed E-state index contributed by atoms with van der Waals surface area (Å²) in [4.78, 5) is 4.30. The number of thioether (sulfide) groups is 1. The molecule has 0 unspecified atom stereocenters. The van der Waals surface area contributed by atoms with Crippen LogP contribution in [-0.2, 0) is 12.8 Å². The molecule has 0 radical (unpaired) electrons. The fraction of sp³-hybridized carbons (Fsp3) is 0.357. The molecule has 1 heterocycles. The molecule has 0 atom stereocenters. The maximum Gasteiger partial charge on any atom is 0.167 e. The van der Waals surface area contributed by atoms with Gasteiger partial charge < -0.3 is 4.57 Å². The van der Waals surface area contributed by atoms with Gasteiger partial charge in [0.1, 0.15) is 0 Å². The summed E-state index contributed by atoms with van der Waals surface area (Å²) in [5.41, 5.74) is 2.75. The van der Waals surface area contributed by atoms with Gasteiger partial charge in [-0.2, -0.15) is 0 Å². The average Bonchev–Trinajstić information content (AvgIpc) is 2.73. The lowest BCUT2D eigenvalue weighted by Crippen LogP contribution is -1.91. The molecule has 0 spiro atoms. The Hall–Kier alpha value is -1.22. The van der Waals surface area contributed by atoms with Gasteiger partial charge in [-0.15, -0.1) is 0 Å². The minimum atomic E-state index is 0.603. The number of hydrogen-bond donors (Lipinski definition) is 0. The molecule has 2 nitrogen and oxygen atoms in total. The van der Waals surface area contributed by atoms with Crippen molar-refractivity contribution in [2.24, 2.45) is 7.05 Å². The minimum Gasteiger partial charge on any atom is -0.329 e. The van der Waals surface area contributed by atoms with Gasteiger partial charge in [0, 0.05) is 25.2 Å². The fourth-order valence-electron chi connectivity index (χ4n) is 1.64. The van der Waals surface area contributed by atoms with E-state index in [0.29, 0.717) is 5.92 Å². The molecule has 2 aromatic rings. The second kappa shape index (κ2) is 5.41. The highest BCUT2D eigenvalue weighted by Gasteiger charge is 2.02. The van der Waals surface area contributed by atoms with Crippen LogP contribution in [0.25, 0.3) is 0 Å². The highest BCUT2D eigenvalue weighted by atomic mass is 32.2. The van der Waals surface area contributed by atoms with Gasteiger partial charge in [-0.1, -0.05) is 49.9 Å². The van der Waals surface area contributed by atoms with Crippen molar-refractivity contribution in [3.63, 3.8) is 0 Å². The van der Waals surface area contributed by atoms with Crippen LogP contribution >= 0.6 is 11.8 Å². The van der Waals surface area contributed by atoms with Crippen molar-refractivity contribution in [1.29, 1.82) is 0 Å². The predicted molar refractivity (Wildman–Crippen MR) is 73.3 cm³/mol. The molecule has 17 heavy (non-hydrogen) atoms. The summed E-state index contributed by atoms with van der Waals surface area (Å²) in [7, 11) is 2.02. The Morgan fingerprint density at radius 2 is 1.94 bits per heavy atom. The molecule has 0 aliphatic rings. The molecule has 0 aliphatic carbocycles. The molecule has 90 valence electrons. The first-order valence-corrected chi connectivity index (χ1v) is 6.84. The van der Waals surface area contributed by atoms with Crippen LogP contribution in [-0.4, -0.2) is 9.55 Å². The summed E-state index contributed by atoms with van der Waals surface area (Å²) in [5, 5.41) is 1.07. The summed E-state index contributed by atoms with van der Waals surface area (Å²) in [6, 6.07) is 8.87. The zero-order valence-electron chi connectivity index (χ0n) is 10.6. The van der Waals surface area contributed by atoms with Gasteiger partial charge in [0.2, 0.25) is 0 Å². The molecule has 1 aromatic carbocycles. The van der Waals surface area contributed by atoms with Crippen LogP contribution in [0.5, 0.6) is 0 Å². The van der Waals surface area contributed by atoms with E-state index in [9.17, 15) is 0 Å². The third-order valence-corrected chi connectivity index (χ3v) is 3.92. The number of rotatable bonds is 4. The number of imidazole rings is 1. The van der Waals surface area contributed by atoms with Gasteiger partial charge in [0.05, 0.1) is 0 Å². The Labute approximate surface area is 107 Å². The van der Waals surface area contributed by atoms with Crippen LogP contribution in [0.2, 0.25) is 0 Å². The molecule has 0 N–H and O–H groups in total. The van der Waals surface area contributed by atoms with Crippen LogP contribution in [0.1, 0.15) is 30.9 Å². The lowest BCUT2D eigenvalue weighted by molar-refractivity contribution is 0.790. The largest absolute Gasteiger partial charge is 0.329 e. The number of aryl methyl sites for hydroxylation is 1. The Bertz CT molecular complexity index is 471. The highest BCUT2D eigenvalue weighted by molar-refractivity contribution is 7.98. The van der Waals surface area contributed by atoms with Crippen molar-refractivity contribution in [3.05, 3.63) is 47.8 Å². The van der Waals surface area contributed by atoms with Crippen molar-refractivity contribution in [1.82, 2.24) is 9.55 Å². The second-order valence-corrected chi connectivity index (χ2v) is 5.45. The van der Waals surface area contributed by atoms with E-state index in [0.717, 1.165) is 10.9 Å². The Kier molecular flexibility index (Phi) is 3.89. The molecule has 0 fully saturated rings. The van der Waals surface area contributed by atoms with E-state index in [-0.39, 0.29) is 0 Å². The molecule has 0 amide bonds. The molecule has 1 aromatic heterocycles. The Balaban J connectivity index is 1.98. The highest BCUT2D eigenvalue weighted by Crippen LogP contribution is 2.22. The molecule has 0 saturated carbocycles. The lowest BCUT2D eigenvalue weighted by Gasteiger charge is -2.06. The van der Waals surface area contributed by atoms with Crippen LogP contribution in [0.15, 0.2) is 41.8 Å². The van der Waals surface area contributed by atoms with Crippen LogP contribution in [0, 0.1) is 0 Å². The molecular formula is C14H18N2S. The van der Waals surface area contributed by atoms with Crippen molar-refractivity contribution < 1.29 is 0 Å². The van der Waals surface area contributed by atoms with Crippen LogP contribution < -0.4 is 0 Å². The maximum absolute atomic E-state index is 4.30. The van der Waals surface area contributed by atoms with Gasteiger partial charge in [-0.25, -0.2) is 4.98 Å². The van der Waals surface area contributed by atoms with E-state index < -0.39 is 0 Å². The fourth-order valence-corrected chi connectivity index (χ4v) is 2.53. The van der Waals surface area contributed by atoms with E-state index >= 15 is 0 Å². The zero-order valence-corrected chi connectivity index (χ0v) is 11.4.